The first-order chi connectivity index (χ1) is 14.0. The number of fused-ring (bicyclic) bond motifs is 1. The molecule has 0 saturated heterocycles. The van der Waals surface area contributed by atoms with Crippen LogP contribution in [0.1, 0.15) is 40.3 Å². The topological polar surface area (TPSA) is 26.0 Å². The van der Waals surface area contributed by atoms with Crippen LogP contribution >= 0.6 is 0 Å². The maximum absolute atomic E-state index is 6.41. The Bertz CT molecular complexity index is 1130. The molecular formula is C28H27N. The molecule has 0 bridgehead atoms. The van der Waals surface area contributed by atoms with E-state index < -0.39 is 5.41 Å². The summed E-state index contributed by atoms with van der Waals surface area (Å²) in [5.41, 5.74) is 15.3. The number of hydrogen-bond acceptors (Lipinski definition) is 1. The summed E-state index contributed by atoms with van der Waals surface area (Å²) in [5.74, 6) is 0. The van der Waals surface area contributed by atoms with Gasteiger partial charge in [-0.05, 0) is 54.7 Å². The molecule has 0 saturated carbocycles. The van der Waals surface area contributed by atoms with E-state index in [4.69, 9.17) is 5.73 Å². The molecule has 0 spiro atoms. The van der Waals surface area contributed by atoms with Crippen molar-refractivity contribution < 1.29 is 0 Å². The SMILES string of the molecule is C\C1=C/C=C\C=C\c2ccccc2C1(c1ccc(C)cc1)c1ccc(C)c(N)c1. The molecule has 0 radical (unpaired) electrons. The maximum Gasteiger partial charge on any atom is 0.0668 e. The molecule has 1 aliphatic carbocycles. The lowest BCUT2D eigenvalue weighted by atomic mass is 9.63. The highest BCUT2D eigenvalue weighted by Gasteiger charge is 2.39. The molecule has 1 nitrogen and oxygen atoms in total. The van der Waals surface area contributed by atoms with Gasteiger partial charge in [-0.25, -0.2) is 0 Å². The van der Waals surface area contributed by atoms with E-state index in [2.05, 4.69) is 118 Å². The van der Waals surface area contributed by atoms with Crippen LogP contribution in [0.25, 0.3) is 6.08 Å². The van der Waals surface area contributed by atoms with Gasteiger partial charge in [-0.1, -0.05) is 102 Å². The van der Waals surface area contributed by atoms with E-state index in [1.54, 1.807) is 0 Å². The quantitative estimate of drug-likeness (QED) is 0.491. The van der Waals surface area contributed by atoms with Gasteiger partial charge in [0.05, 0.1) is 5.41 Å². The number of allylic oxidation sites excluding steroid dienone is 5. The van der Waals surface area contributed by atoms with Crippen molar-refractivity contribution in [3.05, 3.63) is 130 Å². The molecular weight excluding hydrogens is 350 g/mol. The highest BCUT2D eigenvalue weighted by Crippen LogP contribution is 2.47. The summed E-state index contributed by atoms with van der Waals surface area (Å²) in [7, 11) is 0. The zero-order chi connectivity index (χ0) is 20.4. The fourth-order valence-corrected chi connectivity index (χ4v) is 4.35. The molecule has 0 amide bonds. The Morgan fingerprint density at radius 1 is 0.724 bits per heavy atom. The molecule has 2 N–H and O–H groups in total. The molecule has 0 aliphatic heterocycles. The van der Waals surface area contributed by atoms with Gasteiger partial charge in [0.1, 0.15) is 0 Å². The maximum atomic E-state index is 6.41. The first kappa shape index (κ1) is 19.0. The van der Waals surface area contributed by atoms with E-state index in [0.717, 1.165) is 11.3 Å². The summed E-state index contributed by atoms with van der Waals surface area (Å²) in [6.07, 6.45) is 10.7. The molecule has 29 heavy (non-hydrogen) atoms. The van der Waals surface area contributed by atoms with E-state index in [1.807, 2.05) is 0 Å². The zero-order valence-electron chi connectivity index (χ0n) is 17.3. The van der Waals surface area contributed by atoms with Gasteiger partial charge in [-0.15, -0.1) is 0 Å². The number of rotatable bonds is 2. The predicted octanol–water partition coefficient (Wildman–Crippen LogP) is 6.75. The van der Waals surface area contributed by atoms with Crippen LogP contribution < -0.4 is 5.73 Å². The Hall–Kier alpha value is -3.32. The van der Waals surface area contributed by atoms with Crippen LogP contribution in [0.5, 0.6) is 0 Å². The molecule has 1 unspecified atom stereocenters. The fourth-order valence-electron chi connectivity index (χ4n) is 4.35. The van der Waals surface area contributed by atoms with Gasteiger partial charge < -0.3 is 5.73 Å². The lowest BCUT2D eigenvalue weighted by molar-refractivity contribution is 0.723. The lowest BCUT2D eigenvalue weighted by Crippen LogP contribution is -2.32. The number of anilines is 1. The van der Waals surface area contributed by atoms with E-state index in [9.17, 15) is 0 Å². The monoisotopic (exact) mass is 377 g/mol. The Kier molecular flexibility index (Phi) is 4.98. The number of nitrogen functional groups attached to an aromatic ring is 1. The summed E-state index contributed by atoms with van der Waals surface area (Å²) < 4.78 is 0. The highest BCUT2D eigenvalue weighted by molar-refractivity contribution is 5.69. The molecule has 0 aromatic heterocycles. The van der Waals surface area contributed by atoms with Crippen LogP contribution in [0.15, 0.2) is 96.6 Å². The average molecular weight is 378 g/mol. The van der Waals surface area contributed by atoms with Gasteiger partial charge in [0, 0.05) is 5.69 Å². The van der Waals surface area contributed by atoms with Crippen LogP contribution in [0.3, 0.4) is 0 Å². The molecule has 3 aromatic rings. The zero-order valence-corrected chi connectivity index (χ0v) is 17.3. The van der Waals surface area contributed by atoms with Crippen LogP contribution in [0.4, 0.5) is 5.69 Å². The van der Waals surface area contributed by atoms with Crippen molar-refractivity contribution in [3.63, 3.8) is 0 Å². The first-order valence-corrected chi connectivity index (χ1v) is 10.1. The first-order valence-electron chi connectivity index (χ1n) is 10.1. The molecule has 3 aromatic carbocycles. The second-order valence-corrected chi connectivity index (χ2v) is 7.87. The van der Waals surface area contributed by atoms with Crippen molar-refractivity contribution >= 4 is 11.8 Å². The van der Waals surface area contributed by atoms with Crippen molar-refractivity contribution in [2.45, 2.75) is 26.2 Å². The van der Waals surface area contributed by atoms with Crippen LogP contribution in [-0.4, -0.2) is 0 Å². The molecule has 1 aliphatic rings. The third-order valence-electron chi connectivity index (χ3n) is 6.00. The van der Waals surface area contributed by atoms with E-state index in [-0.39, 0.29) is 0 Å². The summed E-state index contributed by atoms with van der Waals surface area (Å²) in [6.45, 7) is 6.41. The smallest absolute Gasteiger partial charge is 0.0668 e. The summed E-state index contributed by atoms with van der Waals surface area (Å²) in [4.78, 5) is 0. The van der Waals surface area contributed by atoms with Crippen molar-refractivity contribution in [1.29, 1.82) is 0 Å². The van der Waals surface area contributed by atoms with Crippen molar-refractivity contribution in [1.82, 2.24) is 0 Å². The van der Waals surface area contributed by atoms with Crippen molar-refractivity contribution in [2.24, 2.45) is 0 Å². The summed E-state index contributed by atoms with van der Waals surface area (Å²) >= 11 is 0. The molecule has 0 heterocycles. The summed E-state index contributed by atoms with van der Waals surface area (Å²) in [6, 6.07) is 24.1. The van der Waals surface area contributed by atoms with Crippen LogP contribution in [-0.2, 0) is 5.41 Å². The molecule has 1 atom stereocenters. The van der Waals surface area contributed by atoms with Crippen molar-refractivity contribution in [3.8, 4) is 0 Å². The average Bonchev–Trinajstić information content (AvgIpc) is 2.79. The van der Waals surface area contributed by atoms with Gasteiger partial charge in [-0.3, -0.25) is 0 Å². The number of benzene rings is 3. The predicted molar refractivity (Wildman–Crippen MR) is 125 cm³/mol. The third-order valence-corrected chi connectivity index (χ3v) is 6.00. The Labute approximate surface area is 173 Å². The van der Waals surface area contributed by atoms with Gasteiger partial charge in [-0.2, -0.15) is 0 Å². The van der Waals surface area contributed by atoms with E-state index in [1.165, 1.54) is 33.4 Å². The Balaban J connectivity index is 2.18. The highest BCUT2D eigenvalue weighted by atomic mass is 14.6. The Morgan fingerprint density at radius 2 is 1.45 bits per heavy atom. The second-order valence-electron chi connectivity index (χ2n) is 7.87. The van der Waals surface area contributed by atoms with Gasteiger partial charge in [0.2, 0.25) is 0 Å². The normalized spacial score (nSPS) is 22.4. The summed E-state index contributed by atoms with van der Waals surface area (Å²) in [5, 5.41) is 0. The van der Waals surface area contributed by atoms with E-state index >= 15 is 0 Å². The largest absolute Gasteiger partial charge is 0.399 e. The van der Waals surface area contributed by atoms with Crippen LogP contribution in [0, 0.1) is 13.8 Å². The van der Waals surface area contributed by atoms with Crippen molar-refractivity contribution in [2.75, 3.05) is 5.73 Å². The minimum atomic E-state index is -0.425. The second kappa shape index (κ2) is 7.60. The minimum Gasteiger partial charge on any atom is -0.399 e. The van der Waals surface area contributed by atoms with Gasteiger partial charge >= 0.3 is 0 Å². The molecule has 0 fully saturated rings. The van der Waals surface area contributed by atoms with Gasteiger partial charge in [0.25, 0.3) is 0 Å². The standard InChI is InChI=1S/C28H27N/c1-20-13-16-24(17-14-20)28(25-18-15-21(2)27(29)19-25)22(3)9-5-4-6-10-23-11-7-8-12-26(23)28/h4-19H,29H2,1-3H3/b5-4-,10-6+,22-9+. The molecule has 4 rings (SSSR count). The molecule has 1 heteroatoms. The number of nitrogens with two attached hydrogens (primary N) is 1. The lowest BCUT2D eigenvalue weighted by Gasteiger charge is -2.38. The van der Waals surface area contributed by atoms with Crippen LogP contribution in [0.2, 0.25) is 0 Å². The van der Waals surface area contributed by atoms with Gasteiger partial charge in [0.15, 0.2) is 0 Å². The number of hydrogen-bond donors (Lipinski definition) is 1. The number of aryl methyl sites for hydroxylation is 2. The third kappa shape index (κ3) is 3.23. The minimum absolute atomic E-state index is 0.425. The van der Waals surface area contributed by atoms with E-state index in [0.29, 0.717) is 0 Å². The fraction of sp³-hybridized carbons (Fsp3) is 0.143. The Morgan fingerprint density at radius 3 is 2.21 bits per heavy atom. The molecule has 144 valence electrons.